The predicted molar refractivity (Wildman–Crippen MR) is 235 cm³/mol. The molecular formula is C47H55F2N9O3. The first-order valence-corrected chi connectivity index (χ1v) is 21.8. The maximum atomic E-state index is 17.2. The fourth-order valence-electron chi connectivity index (χ4n) is 10.6. The number of benzene rings is 2. The van der Waals surface area contributed by atoms with Gasteiger partial charge in [-0.3, -0.25) is 14.8 Å². The molecule has 2 N–H and O–H groups in total. The number of aromatic nitrogens is 1. The Labute approximate surface area is 356 Å². The number of aromatic hydroxyl groups is 1. The summed E-state index contributed by atoms with van der Waals surface area (Å²) in [5.74, 6) is 2.81. The van der Waals surface area contributed by atoms with E-state index in [9.17, 15) is 9.90 Å². The number of carbonyl (C=O) groups is 1. The van der Waals surface area contributed by atoms with Crippen molar-refractivity contribution in [2.45, 2.75) is 83.3 Å². The number of rotatable bonds is 10. The number of terminal acetylenes is 1. The van der Waals surface area contributed by atoms with Crippen LogP contribution in [0.4, 0.5) is 14.6 Å². The first kappa shape index (κ1) is 41.0. The molecule has 9 rings (SSSR count). The SMILES string of the molecule is C#Cc1c(F)ccc2cc(O)cc(C3=C(F)C(=NCCN4CCC5(CC4)CN(c4cc(C(C(=O)N6CCCC6C)C(C)C)on4)C5)/C(=C(\N=C)N4CC5CCC(C4)N5)C=N3)c12. The van der Waals surface area contributed by atoms with Crippen molar-refractivity contribution in [3.8, 4) is 18.1 Å². The zero-order chi connectivity index (χ0) is 42.6. The molecule has 2 bridgehead atoms. The smallest absolute Gasteiger partial charge is 0.233 e. The van der Waals surface area contributed by atoms with Gasteiger partial charge in [-0.2, -0.15) is 0 Å². The number of allylic oxidation sites excluding steroid dienone is 2. The molecule has 6 aliphatic heterocycles. The van der Waals surface area contributed by atoms with Gasteiger partial charge in [0.1, 0.15) is 34.7 Å². The lowest BCUT2D eigenvalue weighted by Gasteiger charge is -2.54. The van der Waals surface area contributed by atoms with E-state index in [1.807, 2.05) is 11.0 Å². The monoisotopic (exact) mass is 831 g/mol. The van der Waals surface area contributed by atoms with Crippen molar-refractivity contribution in [2.24, 2.45) is 26.3 Å². The topological polar surface area (TPSA) is 125 Å². The average Bonchev–Trinajstić information content (AvgIpc) is 3.98. The Morgan fingerprint density at radius 3 is 2.54 bits per heavy atom. The highest BCUT2D eigenvalue weighted by atomic mass is 19.1. The third kappa shape index (κ3) is 7.64. The molecule has 0 aliphatic carbocycles. The van der Waals surface area contributed by atoms with Crippen molar-refractivity contribution < 1.29 is 23.2 Å². The van der Waals surface area contributed by atoms with Crippen molar-refractivity contribution in [3.05, 3.63) is 70.3 Å². The molecule has 0 saturated carbocycles. The van der Waals surface area contributed by atoms with Crippen LogP contribution in [0, 0.1) is 29.5 Å². The number of phenolic OH excluding ortho intramolecular Hbond substituents is 1. The lowest BCUT2D eigenvalue weighted by Crippen LogP contribution is -2.60. The summed E-state index contributed by atoms with van der Waals surface area (Å²) in [5.41, 5.74) is 0.764. The fraction of sp³-hybridized carbons (Fsp3) is 0.511. The highest BCUT2D eigenvalue weighted by Crippen LogP contribution is 2.44. The van der Waals surface area contributed by atoms with E-state index in [0.29, 0.717) is 60.8 Å². The first-order chi connectivity index (χ1) is 29.5. The third-order valence-corrected chi connectivity index (χ3v) is 13.9. The Balaban J connectivity index is 0.912. The molecule has 12 nitrogen and oxygen atoms in total. The van der Waals surface area contributed by atoms with E-state index in [1.54, 1.807) is 6.21 Å². The number of amides is 1. The van der Waals surface area contributed by atoms with Gasteiger partial charge in [-0.05, 0) is 94.8 Å². The second kappa shape index (κ2) is 16.5. The van der Waals surface area contributed by atoms with Crippen molar-refractivity contribution in [1.29, 1.82) is 0 Å². The summed E-state index contributed by atoms with van der Waals surface area (Å²) in [6, 6.07) is 8.42. The van der Waals surface area contributed by atoms with Crippen LogP contribution in [0.25, 0.3) is 16.5 Å². The van der Waals surface area contributed by atoms with Crippen LogP contribution in [0.2, 0.25) is 0 Å². The van der Waals surface area contributed by atoms with Gasteiger partial charge in [0.15, 0.2) is 17.4 Å². The van der Waals surface area contributed by atoms with Gasteiger partial charge in [0.05, 0.1) is 17.7 Å². The second-order valence-corrected chi connectivity index (χ2v) is 18.3. The zero-order valence-corrected chi connectivity index (χ0v) is 35.3. The van der Waals surface area contributed by atoms with Gasteiger partial charge in [-0.25, -0.2) is 13.8 Å². The number of hydrogen-bond acceptors (Lipinski definition) is 11. The molecule has 2 aromatic carbocycles. The van der Waals surface area contributed by atoms with E-state index in [1.165, 1.54) is 24.3 Å². The summed E-state index contributed by atoms with van der Waals surface area (Å²) in [4.78, 5) is 36.3. The second-order valence-electron chi connectivity index (χ2n) is 18.3. The lowest BCUT2D eigenvalue weighted by atomic mass is 9.72. The van der Waals surface area contributed by atoms with Gasteiger partial charge < -0.3 is 34.5 Å². The Morgan fingerprint density at radius 2 is 1.87 bits per heavy atom. The van der Waals surface area contributed by atoms with Crippen LogP contribution in [-0.4, -0.2) is 127 Å². The van der Waals surface area contributed by atoms with E-state index in [4.69, 9.17) is 15.9 Å². The highest BCUT2D eigenvalue weighted by Gasteiger charge is 2.46. The van der Waals surface area contributed by atoms with Gasteiger partial charge in [0.25, 0.3) is 0 Å². The number of likely N-dealkylation sites (tertiary alicyclic amines) is 3. The van der Waals surface area contributed by atoms with E-state index in [2.05, 4.69) is 68.6 Å². The maximum Gasteiger partial charge on any atom is 0.233 e. The molecule has 1 amide bonds. The minimum Gasteiger partial charge on any atom is -0.508 e. The number of phenols is 1. The van der Waals surface area contributed by atoms with Gasteiger partial charge in [-0.1, -0.05) is 31.0 Å². The molecule has 5 fully saturated rings. The minimum atomic E-state index is -0.700. The number of nitrogens with zero attached hydrogens (tertiary/aromatic N) is 8. The number of nitrogens with one attached hydrogen (secondary N) is 1. The summed E-state index contributed by atoms with van der Waals surface area (Å²) in [7, 11) is 0. The molecule has 1 spiro atoms. The van der Waals surface area contributed by atoms with Crippen molar-refractivity contribution >= 4 is 46.8 Å². The number of anilines is 1. The molecule has 320 valence electrons. The van der Waals surface area contributed by atoms with E-state index < -0.39 is 11.6 Å². The van der Waals surface area contributed by atoms with Gasteiger partial charge in [0, 0.05) is 86.0 Å². The molecule has 14 heteroatoms. The largest absolute Gasteiger partial charge is 0.508 e. The predicted octanol–water partition coefficient (Wildman–Crippen LogP) is 6.52. The van der Waals surface area contributed by atoms with Crippen LogP contribution in [0.15, 0.2) is 67.1 Å². The number of piperidine rings is 1. The van der Waals surface area contributed by atoms with Crippen LogP contribution in [0.3, 0.4) is 0 Å². The Hall–Kier alpha value is -5.39. The summed E-state index contributed by atoms with van der Waals surface area (Å²) in [6.07, 6.45) is 13.5. The highest BCUT2D eigenvalue weighted by molar-refractivity contribution is 6.29. The average molecular weight is 832 g/mol. The number of piperazine rings is 1. The van der Waals surface area contributed by atoms with Crippen LogP contribution in [-0.2, 0) is 4.79 Å². The quantitative estimate of drug-likeness (QED) is 0.175. The number of carbonyl (C=O) groups excluding carboxylic acids is 1. The van der Waals surface area contributed by atoms with Gasteiger partial charge in [0.2, 0.25) is 5.91 Å². The van der Waals surface area contributed by atoms with E-state index in [0.717, 1.165) is 77.1 Å². The zero-order valence-electron chi connectivity index (χ0n) is 35.3. The van der Waals surface area contributed by atoms with Crippen LogP contribution < -0.4 is 10.2 Å². The van der Waals surface area contributed by atoms with Gasteiger partial charge >= 0.3 is 0 Å². The van der Waals surface area contributed by atoms with Crippen molar-refractivity contribution in [2.75, 3.05) is 63.8 Å². The molecule has 1 aromatic heterocycles. The molecule has 4 atom stereocenters. The summed E-state index contributed by atoms with van der Waals surface area (Å²) < 4.78 is 38.1. The van der Waals surface area contributed by atoms with Crippen molar-refractivity contribution in [1.82, 2.24) is 25.2 Å². The van der Waals surface area contributed by atoms with E-state index >= 15 is 8.78 Å². The first-order valence-electron chi connectivity index (χ1n) is 21.8. The molecule has 7 heterocycles. The fourth-order valence-corrected chi connectivity index (χ4v) is 10.6. The molecule has 0 radical (unpaired) electrons. The summed E-state index contributed by atoms with van der Waals surface area (Å²) >= 11 is 0. The van der Waals surface area contributed by atoms with Gasteiger partial charge in [-0.15, -0.1) is 6.42 Å². The third-order valence-electron chi connectivity index (χ3n) is 13.9. The molecule has 4 unspecified atom stereocenters. The van der Waals surface area contributed by atoms with Crippen LogP contribution in [0.5, 0.6) is 5.75 Å². The Kier molecular flexibility index (Phi) is 11.1. The molecule has 6 aliphatic rings. The number of halogens is 2. The summed E-state index contributed by atoms with van der Waals surface area (Å²) in [6.45, 7) is 16.8. The maximum absolute atomic E-state index is 17.2. The molecule has 61 heavy (non-hydrogen) atoms. The van der Waals surface area contributed by atoms with Crippen molar-refractivity contribution in [3.63, 3.8) is 0 Å². The molecule has 5 saturated heterocycles. The summed E-state index contributed by atoms with van der Waals surface area (Å²) in [5, 5.41) is 19.5. The van der Waals surface area contributed by atoms with E-state index in [-0.39, 0.29) is 62.9 Å². The van der Waals surface area contributed by atoms with Crippen LogP contribution >= 0.6 is 0 Å². The number of hydrogen-bond donors (Lipinski definition) is 2. The molecular weight excluding hydrogens is 777 g/mol. The Morgan fingerprint density at radius 1 is 1.11 bits per heavy atom. The minimum absolute atomic E-state index is 0.0327. The lowest BCUT2D eigenvalue weighted by molar-refractivity contribution is -0.134. The Bertz CT molecular complexity index is 2380. The molecule has 3 aromatic rings. The normalized spacial score (nSPS) is 25.8. The number of fused-ring (bicyclic) bond motifs is 3. The number of aliphatic imine (C=N–C) groups is 3. The standard InChI is InChI=1S/C47H55F2N9O3/c1-6-34-37(48)12-9-30-20-33(59)21-35(41(30)34)43-42(49)44(36(23-52-43)45(50-5)56-24-31-10-11-32(25-56)53-31)51-15-19-55-17-13-47(14-18-55)26-57(27-47)39-22-38(61-54-39)40(28(2)3)46(60)58-16-7-8-29(58)4/h1,9,12,20-23,28-29,31-32,40,53,59H,5,7-8,10-11,13-19,24-27H2,2-4H3/b45-36+,51-44?. The van der Waals surface area contributed by atoms with Crippen LogP contribution in [0.1, 0.15) is 82.1 Å².